The third-order valence-electron chi connectivity index (χ3n) is 4.83. The molecule has 4 heteroatoms. The molecule has 0 aliphatic carbocycles. The first-order valence-corrected chi connectivity index (χ1v) is 7.97. The minimum Gasteiger partial charge on any atom is -0.343 e. The Bertz CT molecular complexity index is 305. The molecule has 1 aliphatic heterocycles. The third kappa shape index (κ3) is 4.74. The first-order valence-electron chi connectivity index (χ1n) is 7.97. The van der Waals surface area contributed by atoms with E-state index in [4.69, 9.17) is 5.73 Å². The van der Waals surface area contributed by atoms with E-state index >= 15 is 0 Å². The fourth-order valence-electron chi connectivity index (χ4n) is 2.79. The largest absolute Gasteiger partial charge is 0.343 e. The highest BCUT2D eigenvalue weighted by atomic mass is 16.2. The summed E-state index contributed by atoms with van der Waals surface area (Å²) in [7, 11) is 2.09. The molecule has 1 aliphatic rings. The zero-order valence-electron chi connectivity index (χ0n) is 14.0. The van der Waals surface area contributed by atoms with Gasteiger partial charge in [-0.25, -0.2) is 0 Å². The summed E-state index contributed by atoms with van der Waals surface area (Å²) >= 11 is 0. The smallest absolute Gasteiger partial charge is 0.224 e. The van der Waals surface area contributed by atoms with Crippen molar-refractivity contribution >= 4 is 5.91 Å². The monoisotopic (exact) mass is 283 g/mol. The van der Waals surface area contributed by atoms with E-state index in [-0.39, 0.29) is 17.4 Å². The number of likely N-dealkylation sites (N-methyl/N-ethyl adjacent to an activating group) is 1. The van der Waals surface area contributed by atoms with Crippen molar-refractivity contribution in [2.24, 2.45) is 11.1 Å². The molecule has 20 heavy (non-hydrogen) atoms. The van der Waals surface area contributed by atoms with E-state index in [0.717, 1.165) is 25.9 Å². The Hall–Kier alpha value is -0.610. The normalized spacial score (nSPS) is 20.1. The zero-order valence-corrected chi connectivity index (χ0v) is 14.0. The average molecular weight is 283 g/mol. The van der Waals surface area contributed by atoms with E-state index < -0.39 is 0 Å². The van der Waals surface area contributed by atoms with Crippen LogP contribution in [0.5, 0.6) is 0 Å². The van der Waals surface area contributed by atoms with Gasteiger partial charge in [-0.05, 0) is 38.6 Å². The van der Waals surface area contributed by atoms with Crippen molar-refractivity contribution in [3.05, 3.63) is 0 Å². The van der Waals surface area contributed by atoms with Crippen molar-refractivity contribution < 1.29 is 4.79 Å². The quantitative estimate of drug-likeness (QED) is 0.840. The Morgan fingerprint density at radius 2 is 1.80 bits per heavy atom. The van der Waals surface area contributed by atoms with E-state index in [1.807, 2.05) is 4.90 Å². The van der Waals surface area contributed by atoms with Crippen molar-refractivity contribution in [3.63, 3.8) is 0 Å². The molecule has 2 unspecified atom stereocenters. The molecule has 0 aromatic rings. The summed E-state index contributed by atoms with van der Waals surface area (Å²) in [6.45, 7) is 11.3. The van der Waals surface area contributed by atoms with E-state index in [1.54, 1.807) is 0 Å². The van der Waals surface area contributed by atoms with Crippen LogP contribution in [-0.2, 0) is 4.79 Å². The molecular formula is C16H33N3O. The van der Waals surface area contributed by atoms with E-state index in [1.165, 1.54) is 6.42 Å². The second-order valence-corrected chi connectivity index (χ2v) is 7.24. The number of nitrogens with zero attached hydrogens (tertiary/aromatic N) is 2. The van der Waals surface area contributed by atoms with Crippen molar-refractivity contribution in [1.82, 2.24) is 9.80 Å². The number of hydrogen-bond donors (Lipinski definition) is 1. The molecule has 0 aromatic carbocycles. The van der Waals surface area contributed by atoms with Crippen LogP contribution in [0.25, 0.3) is 0 Å². The maximum atomic E-state index is 12.4. The lowest BCUT2D eigenvalue weighted by atomic mass is 9.86. The Labute approximate surface area is 124 Å². The molecular weight excluding hydrogens is 250 g/mol. The van der Waals surface area contributed by atoms with E-state index in [0.29, 0.717) is 19.0 Å². The number of carbonyl (C=O) groups excluding carboxylic acids is 1. The van der Waals surface area contributed by atoms with Gasteiger partial charge in [-0.2, -0.15) is 0 Å². The molecule has 1 fully saturated rings. The lowest BCUT2D eigenvalue weighted by Gasteiger charge is -2.40. The minimum absolute atomic E-state index is 0.138. The summed E-state index contributed by atoms with van der Waals surface area (Å²) in [6, 6.07) is 0.531. The highest BCUT2D eigenvalue weighted by Crippen LogP contribution is 2.25. The van der Waals surface area contributed by atoms with Gasteiger partial charge >= 0.3 is 0 Å². The van der Waals surface area contributed by atoms with Crippen molar-refractivity contribution in [3.8, 4) is 0 Å². The molecule has 4 nitrogen and oxygen atoms in total. The molecule has 0 aromatic heterocycles. The second-order valence-electron chi connectivity index (χ2n) is 7.24. The maximum absolute atomic E-state index is 12.4. The SMILES string of the molecule is CC(N(C)C(CN)CC(=O)N1CCCCC1)C(C)(C)C. The molecule has 0 radical (unpaired) electrons. The molecule has 2 atom stereocenters. The highest BCUT2D eigenvalue weighted by molar-refractivity contribution is 5.77. The first-order chi connectivity index (χ1) is 9.27. The van der Waals surface area contributed by atoms with Crippen LogP contribution in [0.4, 0.5) is 0 Å². The van der Waals surface area contributed by atoms with Crippen LogP contribution < -0.4 is 5.73 Å². The van der Waals surface area contributed by atoms with Gasteiger partial charge in [-0.1, -0.05) is 20.8 Å². The summed E-state index contributed by atoms with van der Waals surface area (Å²) in [5, 5.41) is 0. The number of likely N-dealkylation sites (tertiary alicyclic amines) is 1. The Morgan fingerprint density at radius 3 is 2.25 bits per heavy atom. The molecule has 1 rings (SSSR count). The van der Waals surface area contributed by atoms with Gasteiger partial charge in [0, 0.05) is 38.1 Å². The number of hydrogen-bond acceptors (Lipinski definition) is 3. The lowest BCUT2D eigenvalue weighted by Crippen LogP contribution is -2.50. The number of carbonyl (C=O) groups is 1. The predicted molar refractivity (Wildman–Crippen MR) is 84.6 cm³/mol. The van der Waals surface area contributed by atoms with Crippen molar-refractivity contribution in [1.29, 1.82) is 0 Å². The molecule has 1 heterocycles. The van der Waals surface area contributed by atoms with Crippen LogP contribution in [-0.4, -0.2) is 54.5 Å². The fourth-order valence-corrected chi connectivity index (χ4v) is 2.79. The van der Waals surface area contributed by atoms with Gasteiger partial charge in [-0.15, -0.1) is 0 Å². The Morgan fingerprint density at radius 1 is 1.25 bits per heavy atom. The van der Waals surface area contributed by atoms with Gasteiger partial charge < -0.3 is 10.6 Å². The molecule has 0 bridgehead atoms. The molecule has 118 valence electrons. The standard InChI is InChI=1S/C16H33N3O/c1-13(16(2,3)4)18(5)14(12-17)11-15(20)19-9-7-6-8-10-19/h13-14H,6-12,17H2,1-5H3. The van der Waals surface area contributed by atoms with Crippen molar-refractivity contribution in [2.75, 3.05) is 26.7 Å². The Balaban J connectivity index is 2.59. The average Bonchev–Trinajstić information content (AvgIpc) is 2.42. The lowest BCUT2D eigenvalue weighted by molar-refractivity contribution is -0.133. The Kier molecular flexibility index (Phi) is 6.46. The van der Waals surface area contributed by atoms with E-state index in [2.05, 4.69) is 39.6 Å². The highest BCUT2D eigenvalue weighted by Gasteiger charge is 2.30. The van der Waals surface area contributed by atoms with Gasteiger partial charge in [0.2, 0.25) is 5.91 Å². The molecule has 1 saturated heterocycles. The van der Waals surface area contributed by atoms with Crippen LogP contribution >= 0.6 is 0 Å². The number of rotatable bonds is 5. The van der Waals surface area contributed by atoms with Gasteiger partial charge in [0.15, 0.2) is 0 Å². The predicted octanol–water partition coefficient (Wildman–Crippen LogP) is 2.08. The molecule has 0 saturated carbocycles. The van der Waals surface area contributed by atoms with Crippen LogP contribution in [0, 0.1) is 5.41 Å². The number of nitrogens with two attached hydrogens (primary N) is 1. The maximum Gasteiger partial charge on any atom is 0.224 e. The van der Waals surface area contributed by atoms with Gasteiger partial charge in [-0.3, -0.25) is 9.69 Å². The van der Waals surface area contributed by atoms with Crippen LogP contribution in [0.2, 0.25) is 0 Å². The summed E-state index contributed by atoms with van der Waals surface area (Å²) in [5.74, 6) is 0.271. The minimum atomic E-state index is 0.138. The fraction of sp³-hybridized carbons (Fsp3) is 0.938. The van der Waals surface area contributed by atoms with Gasteiger partial charge in [0.05, 0.1) is 0 Å². The third-order valence-corrected chi connectivity index (χ3v) is 4.83. The molecule has 2 N–H and O–H groups in total. The van der Waals surface area contributed by atoms with Gasteiger partial charge in [0.1, 0.15) is 0 Å². The van der Waals surface area contributed by atoms with Crippen LogP contribution in [0.15, 0.2) is 0 Å². The first kappa shape index (κ1) is 17.4. The summed E-state index contributed by atoms with van der Waals surface area (Å²) in [6.07, 6.45) is 4.10. The topological polar surface area (TPSA) is 49.6 Å². The van der Waals surface area contributed by atoms with Crippen LogP contribution in [0.1, 0.15) is 53.4 Å². The summed E-state index contributed by atoms with van der Waals surface area (Å²) < 4.78 is 0. The van der Waals surface area contributed by atoms with Crippen LogP contribution in [0.3, 0.4) is 0 Å². The zero-order chi connectivity index (χ0) is 15.3. The van der Waals surface area contributed by atoms with Gasteiger partial charge in [0.25, 0.3) is 0 Å². The van der Waals surface area contributed by atoms with Crippen molar-refractivity contribution in [2.45, 2.75) is 65.5 Å². The summed E-state index contributed by atoms with van der Waals surface area (Å²) in [5.41, 5.74) is 6.11. The summed E-state index contributed by atoms with van der Waals surface area (Å²) in [4.78, 5) is 16.7. The van der Waals surface area contributed by atoms with E-state index in [9.17, 15) is 4.79 Å². The molecule has 1 amide bonds. The second kappa shape index (κ2) is 7.41. The number of amides is 1. The number of piperidine rings is 1. The molecule has 0 spiro atoms.